The highest BCUT2D eigenvalue weighted by atomic mass is 32.1. The molecule has 246 valence electrons. The Morgan fingerprint density at radius 1 is 1.13 bits per heavy atom. The van der Waals surface area contributed by atoms with Crippen molar-refractivity contribution in [1.29, 1.82) is 0 Å². The number of nitrogens with zero attached hydrogens (tertiary/aromatic N) is 1. The predicted molar refractivity (Wildman–Crippen MR) is 182 cm³/mol. The molecule has 2 amide bonds. The number of hydrogen-bond donors (Lipinski definition) is 3. The maximum atomic E-state index is 13.9. The van der Waals surface area contributed by atoms with Gasteiger partial charge in [-0.2, -0.15) is 0 Å². The van der Waals surface area contributed by atoms with E-state index in [1.165, 1.54) is 16.2 Å². The first-order valence-corrected chi connectivity index (χ1v) is 16.4. The SMILES string of the molecule is C=CCO[C@@H]1C[C@H](NCC(O)C(Cc2ccccc2)NC(=O)[C@H](CC=C)N(C)C(=O)c2sccc2OCC)c2cc(OC)ccc21. The van der Waals surface area contributed by atoms with Crippen molar-refractivity contribution >= 4 is 23.2 Å². The normalized spacial score (nSPS) is 17.3. The van der Waals surface area contributed by atoms with Crippen LogP contribution in [0, 0.1) is 0 Å². The highest BCUT2D eigenvalue weighted by molar-refractivity contribution is 7.12. The number of carbonyl (C=O) groups excluding carboxylic acids is 2. The van der Waals surface area contributed by atoms with Gasteiger partial charge in [0, 0.05) is 19.6 Å². The van der Waals surface area contributed by atoms with E-state index in [1.807, 2.05) is 55.5 Å². The third-order valence-electron chi connectivity index (χ3n) is 8.15. The largest absolute Gasteiger partial charge is 0.497 e. The van der Waals surface area contributed by atoms with Crippen LogP contribution in [0.3, 0.4) is 0 Å². The van der Waals surface area contributed by atoms with Crippen molar-refractivity contribution in [3.8, 4) is 11.5 Å². The number of nitrogens with one attached hydrogen (secondary N) is 2. The van der Waals surface area contributed by atoms with E-state index >= 15 is 0 Å². The molecule has 10 heteroatoms. The van der Waals surface area contributed by atoms with E-state index in [9.17, 15) is 14.7 Å². The summed E-state index contributed by atoms with van der Waals surface area (Å²) in [6, 6.07) is 15.8. The number of amides is 2. The molecular formula is C36H45N3O6S. The van der Waals surface area contributed by atoms with Gasteiger partial charge in [0.05, 0.1) is 38.6 Å². The van der Waals surface area contributed by atoms with Gasteiger partial charge in [0.2, 0.25) is 5.91 Å². The molecule has 0 saturated carbocycles. The van der Waals surface area contributed by atoms with Gasteiger partial charge in [-0.25, -0.2) is 0 Å². The Labute approximate surface area is 275 Å². The first kappa shape index (κ1) is 34.9. The van der Waals surface area contributed by atoms with E-state index in [4.69, 9.17) is 14.2 Å². The van der Waals surface area contributed by atoms with Gasteiger partial charge in [-0.05, 0) is 66.5 Å². The van der Waals surface area contributed by atoms with Gasteiger partial charge in [0.25, 0.3) is 5.91 Å². The number of hydrogen-bond acceptors (Lipinski definition) is 8. The fourth-order valence-electron chi connectivity index (χ4n) is 5.74. The zero-order chi connectivity index (χ0) is 33.1. The molecule has 46 heavy (non-hydrogen) atoms. The quantitative estimate of drug-likeness (QED) is 0.162. The fourth-order valence-corrected chi connectivity index (χ4v) is 6.55. The molecule has 2 aromatic carbocycles. The zero-order valence-electron chi connectivity index (χ0n) is 26.8. The van der Waals surface area contributed by atoms with E-state index in [1.54, 1.807) is 37.8 Å². The monoisotopic (exact) mass is 647 g/mol. The van der Waals surface area contributed by atoms with E-state index in [0.29, 0.717) is 36.7 Å². The number of rotatable bonds is 18. The molecule has 2 unspecified atom stereocenters. The van der Waals surface area contributed by atoms with Crippen LogP contribution in [0.4, 0.5) is 0 Å². The van der Waals surface area contributed by atoms with E-state index in [2.05, 4.69) is 23.8 Å². The minimum Gasteiger partial charge on any atom is -0.497 e. The first-order valence-electron chi connectivity index (χ1n) is 15.6. The van der Waals surface area contributed by atoms with Crippen molar-refractivity contribution in [2.75, 3.05) is 33.9 Å². The summed E-state index contributed by atoms with van der Waals surface area (Å²) >= 11 is 1.27. The second kappa shape index (κ2) is 17.1. The van der Waals surface area contributed by atoms with Crippen LogP contribution in [-0.4, -0.2) is 73.9 Å². The minimum absolute atomic E-state index is 0.0924. The third kappa shape index (κ3) is 8.64. The van der Waals surface area contributed by atoms with Crippen molar-refractivity contribution in [2.24, 2.45) is 0 Å². The Hall–Kier alpha value is -3.96. The zero-order valence-corrected chi connectivity index (χ0v) is 27.6. The lowest BCUT2D eigenvalue weighted by molar-refractivity contribution is -0.126. The van der Waals surface area contributed by atoms with E-state index < -0.39 is 18.2 Å². The summed E-state index contributed by atoms with van der Waals surface area (Å²) < 4.78 is 17.1. The fraction of sp³-hybridized carbons (Fsp3) is 0.389. The number of methoxy groups -OCH3 is 1. The molecule has 0 aliphatic heterocycles. The standard InChI is InChI=1S/C36H45N3O6S/c1-6-12-30(39(4)36(42)34-32(44-8-3)17-19-46-34)35(41)38-29(20-24-13-10-9-11-14-24)31(40)23-37-28-22-33(45-18-7-2)26-16-15-25(43-5)21-27(26)28/h6-7,9-11,13-17,19,21,28-31,33,37,40H,1-2,8,12,18,20,22-23H2,3-5H3,(H,38,41)/t28-,29?,30-,31?,33+/m0/s1. The Bertz CT molecular complexity index is 1460. The molecule has 5 atom stereocenters. The average molecular weight is 648 g/mol. The van der Waals surface area contributed by atoms with Crippen molar-refractivity contribution in [2.45, 2.75) is 56.5 Å². The molecule has 4 rings (SSSR count). The minimum atomic E-state index is -0.946. The molecule has 0 saturated heterocycles. The van der Waals surface area contributed by atoms with Crippen LogP contribution >= 0.6 is 11.3 Å². The second-order valence-electron chi connectivity index (χ2n) is 11.2. The number of thiophene rings is 1. The highest BCUT2D eigenvalue weighted by Gasteiger charge is 2.34. The Balaban J connectivity index is 1.51. The van der Waals surface area contributed by atoms with Gasteiger partial charge in [-0.1, -0.05) is 48.6 Å². The third-order valence-corrected chi connectivity index (χ3v) is 9.03. The number of aliphatic hydroxyl groups is 1. The van der Waals surface area contributed by atoms with Crippen LogP contribution in [0.2, 0.25) is 0 Å². The molecule has 1 aromatic heterocycles. The van der Waals surface area contributed by atoms with Gasteiger partial charge >= 0.3 is 0 Å². The Kier molecular flexibility index (Phi) is 13.0. The summed E-state index contributed by atoms with van der Waals surface area (Å²) in [4.78, 5) is 29.2. The summed E-state index contributed by atoms with van der Waals surface area (Å²) in [5.74, 6) is 0.547. The van der Waals surface area contributed by atoms with Gasteiger partial charge < -0.3 is 34.9 Å². The topological polar surface area (TPSA) is 109 Å². The molecule has 3 aromatic rings. The van der Waals surface area contributed by atoms with Crippen LogP contribution in [0.5, 0.6) is 11.5 Å². The summed E-state index contributed by atoms with van der Waals surface area (Å²) in [5.41, 5.74) is 3.09. The Morgan fingerprint density at radius 2 is 1.91 bits per heavy atom. The van der Waals surface area contributed by atoms with E-state index in [0.717, 1.165) is 22.4 Å². The summed E-state index contributed by atoms with van der Waals surface area (Å²) in [6.45, 7) is 10.5. The molecule has 9 nitrogen and oxygen atoms in total. The van der Waals surface area contributed by atoms with Gasteiger partial charge in [0.1, 0.15) is 22.4 Å². The van der Waals surface area contributed by atoms with Crippen molar-refractivity contribution in [3.05, 3.63) is 107 Å². The Morgan fingerprint density at radius 3 is 2.61 bits per heavy atom. The maximum absolute atomic E-state index is 13.9. The van der Waals surface area contributed by atoms with E-state index in [-0.39, 0.29) is 36.9 Å². The van der Waals surface area contributed by atoms with Gasteiger partial charge in [-0.15, -0.1) is 24.5 Å². The number of ether oxygens (including phenoxy) is 3. The van der Waals surface area contributed by atoms with Gasteiger partial charge in [-0.3, -0.25) is 9.59 Å². The molecule has 3 N–H and O–H groups in total. The lowest BCUT2D eigenvalue weighted by Gasteiger charge is -2.31. The van der Waals surface area contributed by atoms with Crippen LogP contribution in [0.15, 0.2) is 85.3 Å². The van der Waals surface area contributed by atoms with Crippen LogP contribution in [0.25, 0.3) is 0 Å². The number of fused-ring (bicyclic) bond motifs is 1. The molecule has 1 aliphatic rings. The number of carbonyl (C=O) groups is 2. The molecule has 0 radical (unpaired) electrons. The number of likely N-dealkylation sites (N-methyl/N-ethyl adjacent to an activating group) is 1. The summed E-state index contributed by atoms with van der Waals surface area (Å²) in [7, 11) is 3.24. The maximum Gasteiger partial charge on any atom is 0.268 e. The predicted octanol–water partition coefficient (Wildman–Crippen LogP) is 5.24. The lowest BCUT2D eigenvalue weighted by atomic mass is 9.99. The molecule has 0 spiro atoms. The number of aliphatic hydroxyl groups excluding tert-OH is 1. The molecular weight excluding hydrogens is 602 g/mol. The second-order valence-corrected chi connectivity index (χ2v) is 12.1. The van der Waals surface area contributed by atoms with Crippen LogP contribution in [0.1, 0.15) is 58.3 Å². The number of benzene rings is 2. The van der Waals surface area contributed by atoms with Crippen molar-refractivity contribution in [3.63, 3.8) is 0 Å². The lowest BCUT2D eigenvalue weighted by Crippen LogP contribution is -2.55. The van der Waals surface area contributed by atoms with Crippen LogP contribution < -0.4 is 20.1 Å². The van der Waals surface area contributed by atoms with Crippen molar-refractivity contribution < 1.29 is 28.9 Å². The van der Waals surface area contributed by atoms with Crippen molar-refractivity contribution in [1.82, 2.24) is 15.5 Å². The smallest absolute Gasteiger partial charge is 0.268 e. The molecule has 1 heterocycles. The van der Waals surface area contributed by atoms with Gasteiger partial charge in [0.15, 0.2) is 0 Å². The first-order chi connectivity index (χ1) is 22.3. The van der Waals surface area contributed by atoms with Crippen LogP contribution in [-0.2, 0) is 16.0 Å². The summed E-state index contributed by atoms with van der Waals surface area (Å²) in [5, 5.41) is 19.9. The molecule has 0 bridgehead atoms. The molecule has 0 fully saturated rings. The highest BCUT2D eigenvalue weighted by Crippen LogP contribution is 2.42. The molecule has 1 aliphatic carbocycles. The summed E-state index contributed by atoms with van der Waals surface area (Å²) in [6.07, 6.45) is 3.60. The average Bonchev–Trinajstić information content (AvgIpc) is 3.68.